The highest BCUT2D eigenvalue weighted by atomic mass is 19.4. The molecule has 87 heavy (non-hydrogen) atoms. The van der Waals surface area contributed by atoms with Crippen molar-refractivity contribution in [2.45, 2.75) is 39.7 Å². The van der Waals surface area contributed by atoms with Crippen molar-refractivity contribution in [2.75, 3.05) is 59.7 Å². The van der Waals surface area contributed by atoms with E-state index in [4.69, 9.17) is 33.9 Å². The molecule has 0 saturated carbocycles. The van der Waals surface area contributed by atoms with Gasteiger partial charge in [0, 0.05) is 120 Å². The van der Waals surface area contributed by atoms with E-state index in [-0.39, 0.29) is 68.2 Å². The number of alkyl halides is 3. The molecule has 0 unspecified atom stereocenters. The second-order valence-electron chi connectivity index (χ2n) is 17.2. The Hall–Kier alpha value is -10.7. The van der Waals surface area contributed by atoms with Crippen LogP contribution in [0.5, 0.6) is 0 Å². The first-order valence-electron chi connectivity index (χ1n) is 25.7. The molecule has 0 spiro atoms. The second kappa shape index (κ2) is 34.8. The van der Waals surface area contributed by atoms with Crippen LogP contribution in [0.4, 0.5) is 19.0 Å². The summed E-state index contributed by atoms with van der Waals surface area (Å²) in [5.74, 6) is -3.36. The van der Waals surface area contributed by atoms with Gasteiger partial charge in [-0.2, -0.15) is 18.3 Å². The normalized spacial score (nSPS) is 10.4. The zero-order valence-corrected chi connectivity index (χ0v) is 47.2. The summed E-state index contributed by atoms with van der Waals surface area (Å²) in [7, 11) is 4.57. The SMILES string of the molecule is CCOC(=O)c1ccc(=O)[nH]c1.CCOC(=O)c1ccc(=O)n(CCOC)c1.COCCn1cc(C(=O)Nc2ccc(-n3nc(-c4cccnc4)cc3C(F)(F)F)cn2)ccc1=O.COCCn1cc(C(=O)O)ccc1=O.O=C(O)c1ccc(=O)[nH]c1. The van der Waals surface area contributed by atoms with Crippen LogP contribution in [0.3, 0.4) is 0 Å². The zero-order chi connectivity index (χ0) is 64.1. The van der Waals surface area contributed by atoms with Gasteiger partial charge in [-0.25, -0.2) is 28.8 Å². The number of halogens is 3. The number of hydrogen-bond acceptors (Lipinski definition) is 18. The third-order valence-corrected chi connectivity index (χ3v) is 11.1. The largest absolute Gasteiger partial charge is 0.478 e. The molecule has 0 aliphatic heterocycles. The Labute approximate surface area is 490 Å². The minimum atomic E-state index is -4.66. The Morgan fingerprint density at radius 3 is 1.49 bits per heavy atom. The van der Waals surface area contributed by atoms with E-state index in [0.717, 1.165) is 16.9 Å². The molecule has 0 fully saturated rings. The predicted octanol–water partition coefficient (Wildman–Crippen LogP) is 4.90. The van der Waals surface area contributed by atoms with Crippen molar-refractivity contribution < 1.29 is 71.0 Å². The van der Waals surface area contributed by atoms with Crippen LogP contribution in [-0.4, -0.2) is 138 Å². The smallest absolute Gasteiger partial charge is 0.433 e. The highest BCUT2D eigenvalue weighted by Gasteiger charge is 2.36. The number of esters is 2. The number of carbonyl (C=O) groups is 5. The van der Waals surface area contributed by atoms with Crippen LogP contribution >= 0.6 is 0 Å². The fraction of sp³-hybridized carbons (Fsp3) is 0.246. The first kappa shape index (κ1) is 68.8. The maximum Gasteiger partial charge on any atom is 0.433 e. The highest BCUT2D eigenvalue weighted by molar-refractivity contribution is 6.03. The minimum Gasteiger partial charge on any atom is -0.478 e. The third-order valence-electron chi connectivity index (χ3n) is 11.1. The molecule has 0 aromatic carbocycles. The fourth-order valence-electron chi connectivity index (χ4n) is 6.79. The summed E-state index contributed by atoms with van der Waals surface area (Å²) in [4.78, 5) is 124. The fourth-order valence-corrected chi connectivity index (χ4v) is 6.79. The van der Waals surface area contributed by atoms with Crippen molar-refractivity contribution in [1.82, 2.24) is 43.4 Å². The molecule has 27 nitrogen and oxygen atoms in total. The topological polar surface area (TPSA) is 359 Å². The van der Waals surface area contributed by atoms with Crippen molar-refractivity contribution in [3.63, 3.8) is 0 Å². The lowest BCUT2D eigenvalue weighted by atomic mass is 10.2. The number of ether oxygens (including phenoxy) is 5. The number of aromatic carboxylic acids is 2. The molecule has 460 valence electrons. The minimum absolute atomic E-state index is 0.0542. The lowest BCUT2D eigenvalue weighted by Gasteiger charge is -2.11. The quantitative estimate of drug-likeness (QED) is 0.0672. The van der Waals surface area contributed by atoms with E-state index >= 15 is 0 Å². The van der Waals surface area contributed by atoms with Crippen LogP contribution in [-0.2, 0) is 49.5 Å². The number of H-pyrrole nitrogens is 2. The summed E-state index contributed by atoms with van der Waals surface area (Å²) >= 11 is 0. The van der Waals surface area contributed by atoms with Crippen molar-refractivity contribution in [3.05, 3.63) is 226 Å². The molecule has 0 aliphatic carbocycles. The number of nitrogens with zero attached hydrogens (tertiary/aromatic N) is 7. The molecule has 8 heterocycles. The number of pyridine rings is 7. The molecule has 0 radical (unpaired) electrons. The molecule has 8 aromatic rings. The summed E-state index contributed by atoms with van der Waals surface area (Å²) in [6.07, 6.45) is 6.12. The number of nitrogens with one attached hydrogen (secondary N) is 3. The standard InChI is InChI=1S/C23H19F3N6O3.C11H15NO4.C9H11NO4.C8H9NO3.C6H5NO3/c1-35-10-9-31-14-16(4-7-21(31)33)22(34)29-20-6-5-17(13-28-20)32-19(23(24,25)26)11-18(30-32)15-3-2-8-27-12-15;1-3-16-11(14)9-4-5-10(13)12(8-9)6-7-15-2;1-14-5-4-10-6-7(9(12)13)2-3-8(10)11;1-2-12-8(11)6-3-4-7(10)9-5-6;8-5-2-1-4(3-7-5)6(9)10/h2-8,11-14H,9-10H2,1H3,(H,28,29,34);4-5,8H,3,6-7H2,1-2H3;2-3,6H,4-5H2,1H3,(H,12,13);3-5H,2H2,1H3,(H,9,10);1-3H,(H,7,8)(H,9,10). The zero-order valence-electron chi connectivity index (χ0n) is 47.2. The van der Waals surface area contributed by atoms with Gasteiger partial charge >= 0.3 is 30.1 Å². The molecule has 8 rings (SSSR count). The van der Waals surface area contributed by atoms with Crippen molar-refractivity contribution in [2.24, 2.45) is 0 Å². The maximum absolute atomic E-state index is 13.7. The molecule has 30 heteroatoms. The first-order valence-corrected chi connectivity index (χ1v) is 25.7. The van der Waals surface area contributed by atoms with Gasteiger partial charge in [0.25, 0.3) is 22.6 Å². The van der Waals surface area contributed by atoms with Gasteiger partial charge in [-0.05, 0) is 74.5 Å². The van der Waals surface area contributed by atoms with Gasteiger partial charge in [-0.15, -0.1) is 0 Å². The van der Waals surface area contributed by atoms with Crippen LogP contribution in [0, 0.1) is 0 Å². The number of aromatic amines is 2. The van der Waals surface area contributed by atoms with Gasteiger partial charge in [0.2, 0.25) is 11.1 Å². The van der Waals surface area contributed by atoms with Crippen LogP contribution in [0.25, 0.3) is 16.9 Å². The van der Waals surface area contributed by atoms with E-state index in [1.54, 1.807) is 33.1 Å². The number of aromatic nitrogens is 9. The summed E-state index contributed by atoms with van der Waals surface area (Å²) < 4.78 is 69.9. The monoisotopic (exact) mass is 1210 g/mol. The molecule has 0 aliphatic rings. The number of rotatable bonds is 19. The summed E-state index contributed by atoms with van der Waals surface area (Å²) in [6, 6.07) is 20.0. The highest BCUT2D eigenvalue weighted by Crippen LogP contribution is 2.34. The number of methoxy groups -OCH3 is 3. The Bertz CT molecular complexity index is 3840. The Kier molecular flexibility index (Phi) is 27.5. The second-order valence-corrected chi connectivity index (χ2v) is 17.2. The van der Waals surface area contributed by atoms with Crippen molar-refractivity contribution >= 4 is 35.6 Å². The van der Waals surface area contributed by atoms with Crippen LogP contribution in [0.2, 0.25) is 0 Å². The molecular formula is C57H59F3N10O17. The lowest BCUT2D eigenvalue weighted by molar-refractivity contribution is -0.142. The molecule has 8 aromatic heterocycles. The lowest BCUT2D eigenvalue weighted by Crippen LogP contribution is -2.23. The number of carboxylic acid groups (broad SMARTS) is 2. The van der Waals surface area contributed by atoms with E-state index in [1.165, 1.54) is 144 Å². The number of amides is 1. The Morgan fingerprint density at radius 2 is 1.06 bits per heavy atom. The van der Waals surface area contributed by atoms with Gasteiger partial charge in [-0.3, -0.25) is 33.8 Å². The van der Waals surface area contributed by atoms with E-state index < -0.39 is 41.7 Å². The van der Waals surface area contributed by atoms with Crippen molar-refractivity contribution in [3.8, 4) is 16.9 Å². The van der Waals surface area contributed by atoms with Gasteiger partial charge in [0.05, 0.1) is 78.4 Å². The number of carboxylic acids is 2. The molecule has 1 amide bonds. The van der Waals surface area contributed by atoms with Crippen molar-refractivity contribution in [1.29, 1.82) is 0 Å². The van der Waals surface area contributed by atoms with Gasteiger partial charge in [0.15, 0.2) is 0 Å². The van der Waals surface area contributed by atoms with E-state index in [2.05, 4.69) is 30.4 Å². The average molecular weight is 1210 g/mol. The van der Waals surface area contributed by atoms with E-state index in [1.807, 2.05) is 0 Å². The molecular weight excluding hydrogens is 1150 g/mol. The number of carbonyl (C=O) groups excluding carboxylic acids is 3. The molecule has 5 N–H and O–H groups in total. The summed E-state index contributed by atoms with van der Waals surface area (Å²) in [5.41, 5.74) is -0.483. The summed E-state index contributed by atoms with van der Waals surface area (Å²) in [5, 5.41) is 23.7. The van der Waals surface area contributed by atoms with Crippen LogP contribution in [0.1, 0.15) is 71.3 Å². The average Bonchev–Trinajstić information content (AvgIpc) is 1.78. The van der Waals surface area contributed by atoms with E-state index in [9.17, 15) is 61.1 Å². The van der Waals surface area contributed by atoms with Gasteiger partial charge in [0.1, 0.15) is 11.5 Å². The van der Waals surface area contributed by atoms with E-state index in [0.29, 0.717) is 62.8 Å². The molecule has 0 bridgehead atoms. The first-order chi connectivity index (χ1) is 41.5. The van der Waals surface area contributed by atoms with Crippen LogP contribution in [0.15, 0.2) is 165 Å². The van der Waals surface area contributed by atoms with Crippen LogP contribution < -0.4 is 33.1 Å². The predicted molar refractivity (Wildman–Crippen MR) is 305 cm³/mol. The van der Waals surface area contributed by atoms with Gasteiger partial charge < -0.3 is 62.9 Å². The Balaban J connectivity index is 0.000000259. The number of hydrogen-bond donors (Lipinski definition) is 5. The molecule has 0 atom stereocenters. The summed E-state index contributed by atoms with van der Waals surface area (Å²) in [6.45, 7) is 6.25. The number of anilines is 1. The third kappa shape index (κ3) is 22.4. The maximum atomic E-state index is 13.7. The van der Waals surface area contributed by atoms with Gasteiger partial charge in [-0.1, -0.05) is 0 Å². The molecule has 0 saturated heterocycles. The Morgan fingerprint density at radius 1 is 0.586 bits per heavy atom.